The summed E-state index contributed by atoms with van der Waals surface area (Å²) in [6, 6.07) is 39.8. The number of para-hydroxylation sites is 1. The smallest absolute Gasteiger partial charge is 0.318 e. The van der Waals surface area contributed by atoms with Crippen LogP contribution in [0.5, 0.6) is 0 Å². The number of esters is 1. The summed E-state index contributed by atoms with van der Waals surface area (Å²) < 4.78 is 5.05. The molecule has 0 fully saturated rings. The lowest BCUT2D eigenvalue weighted by atomic mass is 10.1. The van der Waals surface area contributed by atoms with E-state index >= 15 is 0 Å². The van der Waals surface area contributed by atoms with E-state index in [1.807, 2.05) is 36.4 Å². The number of nitrogens with one attached hydrogen (secondary N) is 1. The van der Waals surface area contributed by atoms with Gasteiger partial charge in [-0.2, -0.15) is 0 Å². The summed E-state index contributed by atoms with van der Waals surface area (Å²) in [7, 11) is -2.14. The van der Waals surface area contributed by atoms with Crippen molar-refractivity contribution in [3.8, 4) is 0 Å². The van der Waals surface area contributed by atoms with E-state index in [1.165, 1.54) is 15.9 Å². The predicted octanol–water partition coefficient (Wildman–Crippen LogP) is 5.32. The Hall–Kier alpha value is -3.75. The van der Waals surface area contributed by atoms with Crippen molar-refractivity contribution >= 4 is 40.7 Å². The van der Waals surface area contributed by atoms with Crippen molar-refractivity contribution in [3.63, 3.8) is 0 Å². The van der Waals surface area contributed by atoms with Gasteiger partial charge in [0.2, 0.25) is 5.91 Å². The molecule has 0 bridgehead atoms. The van der Waals surface area contributed by atoms with Crippen LogP contribution in [-0.2, 0) is 20.5 Å². The van der Waals surface area contributed by atoms with Gasteiger partial charge in [0, 0.05) is 11.3 Å². The van der Waals surface area contributed by atoms with Crippen LogP contribution in [0.25, 0.3) is 0 Å². The summed E-state index contributed by atoms with van der Waals surface area (Å²) in [5.41, 5.74) is 1.73. The van der Waals surface area contributed by atoms with Gasteiger partial charge in [-0.1, -0.05) is 72.8 Å². The lowest BCUT2D eigenvalue weighted by molar-refractivity contribution is -0.150. The fourth-order valence-electron chi connectivity index (χ4n) is 4.42. The molecule has 5 heteroatoms. The molecule has 0 aromatic heterocycles. The molecule has 4 rings (SSSR count). The molecule has 0 spiro atoms. The van der Waals surface area contributed by atoms with E-state index < -0.39 is 19.1 Å². The number of amides is 1. The summed E-state index contributed by atoms with van der Waals surface area (Å²) in [4.78, 5) is 25.1. The second-order valence-electron chi connectivity index (χ2n) is 8.59. The van der Waals surface area contributed by atoms with Crippen molar-refractivity contribution in [3.05, 3.63) is 121 Å². The monoisotopic (exact) mass is 496 g/mol. The van der Waals surface area contributed by atoms with Gasteiger partial charge in [-0.05, 0) is 56.3 Å². The molecule has 0 aliphatic rings. The quantitative estimate of drug-likeness (QED) is 0.194. The molecule has 1 unspecified atom stereocenters. The standard InChI is InChI=1S/C31H30NO3P/c1-3-35-31(34)24(2)30(33)32-29-22-14-13-15-25(29)23-36(26-16-7-4-8-17-26,27-18-9-5-10-19-27)28-20-11-6-12-21-28/h4-22,24H,3,23H2,1-2H3/p+1. The molecule has 4 nitrogen and oxygen atoms in total. The van der Waals surface area contributed by atoms with Gasteiger partial charge in [-0.15, -0.1) is 0 Å². The van der Waals surface area contributed by atoms with Crippen molar-refractivity contribution < 1.29 is 14.3 Å². The molecule has 4 aromatic carbocycles. The van der Waals surface area contributed by atoms with Gasteiger partial charge >= 0.3 is 5.97 Å². The summed E-state index contributed by atoms with van der Waals surface area (Å²) in [6.07, 6.45) is 0.718. The molecule has 0 heterocycles. The Morgan fingerprint density at radius 3 is 1.64 bits per heavy atom. The van der Waals surface area contributed by atoms with E-state index in [4.69, 9.17) is 4.74 Å². The minimum Gasteiger partial charge on any atom is -0.465 e. The highest BCUT2D eigenvalue weighted by atomic mass is 31.2. The normalized spacial score (nSPS) is 11.9. The Bertz CT molecular complexity index is 1200. The minimum atomic E-state index is -2.14. The van der Waals surface area contributed by atoms with Crippen molar-refractivity contribution in [1.82, 2.24) is 0 Å². The second kappa shape index (κ2) is 11.8. The van der Waals surface area contributed by atoms with E-state index in [1.54, 1.807) is 13.8 Å². The first kappa shape index (κ1) is 25.3. The minimum absolute atomic E-state index is 0.241. The molecular formula is C31H31NO3P+. The summed E-state index contributed by atoms with van der Waals surface area (Å²) in [5.74, 6) is -1.79. The van der Waals surface area contributed by atoms with Crippen LogP contribution in [0.3, 0.4) is 0 Å². The molecule has 4 aromatic rings. The maximum absolute atomic E-state index is 13.0. The fourth-order valence-corrected chi connectivity index (χ4v) is 8.69. The van der Waals surface area contributed by atoms with Crippen molar-refractivity contribution in [1.29, 1.82) is 0 Å². The number of carbonyl (C=O) groups is 2. The molecular weight excluding hydrogens is 465 g/mol. The first-order chi connectivity index (χ1) is 17.6. The average molecular weight is 497 g/mol. The van der Waals surface area contributed by atoms with E-state index in [9.17, 15) is 9.59 Å². The van der Waals surface area contributed by atoms with Crippen LogP contribution in [0.15, 0.2) is 115 Å². The lowest BCUT2D eigenvalue weighted by Gasteiger charge is -2.28. The largest absolute Gasteiger partial charge is 0.465 e. The molecule has 0 radical (unpaired) electrons. The van der Waals surface area contributed by atoms with E-state index in [-0.39, 0.29) is 12.5 Å². The van der Waals surface area contributed by atoms with Crippen LogP contribution in [-0.4, -0.2) is 18.5 Å². The Labute approximate surface area is 213 Å². The Kier molecular flexibility index (Phi) is 8.30. The Morgan fingerprint density at radius 1 is 0.722 bits per heavy atom. The average Bonchev–Trinajstić information content (AvgIpc) is 2.93. The van der Waals surface area contributed by atoms with Gasteiger partial charge in [0.1, 0.15) is 35.3 Å². The zero-order valence-corrected chi connectivity index (χ0v) is 21.5. The number of benzene rings is 4. The van der Waals surface area contributed by atoms with Gasteiger partial charge < -0.3 is 10.1 Å². The molecule has 0 saturated heterocycles. The first-order valence-electron chi connectivity index (χ1n) is 12.2. The predicted molar refractivity (Wildman–Crippen MR) is 150 cm³/mol. The molecule has 0 saturated carbocycles. The van der Waals surface area contributed by atoms with Gasteiger partial charge in [0.15, 0.2) is 0 Å². The third-order valence-electron chi connectivity index (χ3n) is 6.31. The maximum Gasteiger partial charge on any atom is 0.318 e. The van der Waals surface area contributed by atoms with E-state index in [2.05, 4.69) is 84.2 Å². The highest BCUT2D eigenvalue weighted by Gasteiger charge is 2.45. The van der Waals surface area contributed by atoms with Crippen LogP contribution in [0, 0.1) is 5.92 Å². The van der Waals surface area contributed by atoms with Crippen molar-refractivity contribution in [2.45, 2.75) is 20.0 Å². The van der Waals surface area contributed by atoms with Crippen LogP contribution < -0.4 is 21.2 Å². The number of hydrogen-bond donors (Lipinski definition) is 1. The zero-order chi connectivity index (χ0) is 25.4. The van der Waals surface area contributed by atoms with Crippen LogP contribution in [0.4, 0.5) is 5.69 Å². The van der Waals surface area contributed by atoms with Gasteiger partial charge in [0.25, 0.3) is 0 Å². The molecule has 1 amide bonds. The SMILES string of the molecule is CCOC(=O)C(C)C(=O)Nc1ccccc1C[P+](c1ccccc1)(c1ccccc1)c1ccccc1. The van der Waals surface area contributed by atoms with E-state index in [0.717, 1.165) is 11.7 Å². The molecule has 1 atom stereocenters. The van der Waals surface area contributed by atoms with E-state index in [0.29, 0.717) is 5.69 Å². The van der Waals surface area contributed by atoms with Gasteiger partial charge in [0.05, 0.1) is 6.61 Å². The second-order valence-corrected chi connectivity index (χ2v) is 12.1. The number of rotatable bonds is 9. The number of hydrogen-bond acceptors (Lipinski definition) is 3. The summed E-state index contributed by atoms with van der Waals surface area (Å²) in [5, 5.41) is 6.81. The Balaban J connectivity index is 1.83. The number of carbonyl (C=O) groups excluding carboxylic acids is 2. The molecule has 182 valence electrons. The van der Waals surface area contributed by atoms with Crippen molar-refractivity contribution in [2.75, 3.05) is 11.9 Å². The molecule has 36 heavy (non-hydrogen) atoms. The third kappa shape index (κ3) is 5.40. The summed E-state index contributed by atoms with van der Waals surface area (Å²) in [6.45, 7) is 3.55. The van der Waals surface area contributed by atoms with Crippen LogP contribution >= 0.6 is 7.26 Å². The highest BCUT2D eigenvalue weighted by molar-refractivity contribution is 7.95. The maximum atomic E-state index is 13.0. The summed E-state index contributed by atoms with van der Waals surface area (Å²) >= 11 is 0. The van der Waals surface area contributed by atoms with Crippen LogP contribution in [0.1, 0.15) is 19.4 Å². The Morgan fingerprint density at radius 2 is 1.17 bits per heavy atom. The third-order valence-corrected chi connectivity index (χ3v) is 10.7. The van der Waals surface area contributed by atoms with Crippen LogP contribution in [0.2, 0.25) is 0 Å². The van der Waals surface area contributed by atoms with Crippen molar-refractivity contribution in [2.24, 2.45) is 5.92 Å². The zero-order valence-electron chi connectivity index (χ0n) is 20.6. The highest BCUT2D eigenvalue weighted by Crippen LogP contribution is 2.58. The first-order valence-corrected chi connectivity index (χ1v) is 14.1. The topological polar surface area (TPSA) is 55.4 Å². The van der Waals surface area contributed by atoms with Gasteiger partial charge in [-0.25, -0.2) is 0 Å². The molecule has 1 N–H and O–H groups in total. The lowest BCUT2D eigenvalue weighted by Crippen LogP contribution is -2.33. The number of anilines is 1. The molecule has 0 aliphatic heterocycles. The molecule has 0 aliphatic carbocycles. The number of ether oxygens (including phenoxy) is 1. The fraction of sp³-hybridized carbons (Fsp3) is 0.161. The van der Waals surface area contributed by atoms with Gasteiger partial charge in [-0.3, -0.25) is 9.59 Å².